The molecular weight excluding hydrogens is 302 g/mol. The molecule has 2 aromatic carbocycles. The Morgan fingerprint density at radius 2 is 1.96 bits per heavy atom. The topological polar surface area (TPSA) is 47.6 Å². The van der Waals surface area contributed by atoms with Gasteiger partial charge in [0.2, 0.25) is 0 Å². The van der Waals surface area contributed by atoms with Crippen LogP contribution in [0.3, 0.4) is 0 Å². The van der Waals surface area contributed by atoms with Gasteiger partial charge < -0.3 is 14.8 Å². The van der Waals surface area contributed by atoms with Crippen molar-refractivity contribution in [2.24, 2.45) is 5.92 Å². The maximum absolute atomic E-state index is 12.5. The van der Waals surface area contributed by atoms with Crippen LogP contribution in [-0.2, 0) is 0 Å². The molecule has 0 spiro atoms. The lowest BCUT2D eigenvalue weighted by atomic mass is 10.00. The number of benzene rings is 2. The van der Waals surface area contributed by atoms with Gasteiger partial charge in [0.05, 0.1) is 19.3 Å². The highest BCUT2D eigenvalue weighted by Crippen LogP contribution is 2.31. The maximum atomic E-state index is 12.5. The van der Waals surface area contributed by atoms with E-state index in [2.05, 4.69) is 19.2 Å². The number of ether oxygens (including phenoxy) is 2. The molecule has 4 heteroatoms. The fourth-order valence-corrected chi connectivity index (χ4v) is 2.70. The van der Waals surface area contributed by atoms with Crippen LogP contribution in [-0.4, -0.2) is 19.1 Å². The van der Waals surface area contributed by atoms with Crippen LogP contribution in [0.2, 0.25) is 0 Å². The molecule has 0 saturated heterocycles. The maximum Gasteiger partial charge on any atom is 0.251 e. The molecule has 0 aliphatic carbocycles. The number of nitrogens with one attached hydrogen (secondary N) is 1. The number of carbonyl (C=O) groups is 1. The van der Waals surface area contributed by atoms with Crippen LogP contribution in [0.4, 0.5) is 0 Å². The predicted octanol–water partition coefficient (Wildman–Crippen LogP) is 3.98. The monoisotopic (exact) mass is 325 g/mol. The Balaban J connectivity index is 1.65. The zero-order valence-electron chi connectivity index (χ0n) is 14.1. The summed E-state index contributed by atoms with van der Waals surface area (Å²) < 4.78 is 11.3. The zero-order valence-corrected chi connectivity index (χ0v) is 14.1. The van der Waals surface area contributed by atoms with Crippen LogP contribution in [0.15, 0.2) is 48.5 Å². The molecule has 1 aliphatic heterocycles. The quantitative estimate of drug-likeness (QED) is 0.904. The third-order valence-electron chi connectivity index (χ3n) is 3.96. The Kier molecular flexibility index (Phi) is 5.04. The van der Waals surface area contributed by atoms with E-state index in [1.54, 1.807) is 12.1 Å². The van der Waals surface area contributed by atoms with Crippen LogP contribution in [0.1, 0.15) is 42.2 Å². The summed E-state index contributed by atoms with van der Waals surface area (Å²) in [6, 6.07) is 15.1. The largest absolute Gasteiger partial charge is 0.493 e. The molecule has 0 saturated carbocycles. The predicted molar refractivity (Wildman–Crippen MR) is 93.5 cm³/mol. The summed E-state index contributed by atoms with van der Waals surface area (Å²) in [5.74, 6) is 2.04. The molecule has 0 aromatic heterocycles. The molecule has 0 bridgehead atoms. The smallest absolute Gasteiger partial charge is 0.251 e. The Hall–Kier alpha value is -2.49. The molecule has 126 valence electrons. The summed E-state index contributed by atoms with van der Waals surface area (Å²) in [6.07, 6.45) is 0.776. The summed E-state index contributed by atoms with van der Waals surface area (Å²) in [7, 11) is 0. The van der Waals surface area contributed by atoms with Crippen molar-refractivity contribution in [1.82, 2.24) is 5.32 Å². The number of amides is 1. The van der Waals surface area contributed by atoms with Gasteiger partial charge in [-0.15, -0.1) is 0 Å². The summed E-state index contributed by atoms with van der Waals surface area (Å²) in [5, 5.41) is 3.10. The van der Waals surface area contributed by atoms with Crippen molar-refractivity contribution in [2.45, 2.75) is 26.3 Å². The Bertz CT molecular complexity index is 694. The average Bonchev–Trinajstić information content (AvgIpc) is 2.60. The minimum absolute atomic E-state index is 0.0145. The first-order valence-corrected chi connectivity index (χ1v) is 8.39. The average molecular weight is 325 g/mol. The third-order valence-corrected chi connectivity index (χ3v) is 3.96. The highest BCUT2D eigenvalue weighted by Gasteiger charge is 2.23. The van der Waals surface area contributed by atoms with Crippen molar-refractivity contribution in [3.05, 3.63) is 59.7 Å². The zero-order chi connectivity index (χ0) is 16.9. The van der Waals surface area contributed by atoms with E-state index in [1.807, 2.05) is 36.4 Å². The van der Waals surface area contributed by atoms with Gasteiger partial charge >= 0.3 is 0 Å². The summed E-state index contributed by atoms with van der Waals surface area (Å²) in [5.41, 5.74) is 1.67. The molecule has 1 amide bonds. The van der Waals surface area contributed by atoms with E-state index in [4.69, 9.17) is 9.47 Å². The highest BCUT2D eigenvalue weighted by atomic mass is 16.5. The van der Waals surface area contributed by atoms with Crippen molar-refractivity contribution in [2.75, 3.05) is 13.2 Å². The highest BCUT2D eigenvalue weighted by molar-refractivity contribution is 5.94. The van der Waals surface area contributed by atoms with Crippen LogP contribution < -0.4 is 14.8 Å². The molecule has 0 unspecified atom stereocenters. The van der Waals surface area contributed by atoms with Gasteiger partial charge in [-0.1, -0.05) is 32.0 Å². The standard InChI is InChI=1S/C20H23NO3/c1-14(2)13-24-16-9-7-15(8-10-16)20(22)21-18-11-12-23-19-6-4-3-5-17(18)19/h3-10,14,18H,11-13H2,1-2H3,(H,21,22)/t18-/m1/s1. The van der Waals surface area contributed by atoms with E-state index in [1.165, 1.54) is 0 Å². The van der Waals surface area contributed by atoms with E-state index >= 15 is 0 Å². The second kappa shape index (κ2) is 7.39. The minimum atomic E-state index is -0.0767. The molecule has 0 fully saturated rings. The molecule has 1 aliphatic rings. The van der Waals surface area contributed by atoms with E-state index in [0.717, 1.165) is 23.5 Å². The number of fused-ring (bicyclic) bond motifs is 1. The number of hydrogen-bond donors (Lipinski definition) is 1. The van der Waals surface area contributed by atoms with Gasteiger partial charge in [-0.3, -0.25) is 4.79 Å². The van der Waals surface area contributed by atoms with Crippen molar-refractivity contribution < 1.29 is 14.3 Å². The lowest BCUT2D eigenvalue weighted by Crippen LogP contribution is -2.32. The first kappa shape index (κ1) is 16.4. The Labute approximate surface area is 142 Å². The van der Waals surface area contributed by atoms with Gasteiger partial charge in [-0.2, -0.15) is 0 Å². The van der Waals surface area contributed by atoms with Gasteiger partial charge in [0, 0.05) is 17.5 Å². The Morgan fingerprint density at radius 1 is 1.21 bits per heavy atom. The number of carbonyl (C=O) groups excluding carboxylic acids is 1. The molecule has 3 rings (SSSR count). The second-order valence-electron chi connectivity index (χ2n) is 6.43. The fraction of sp³-hybridized carbons (Fsp3) is 0.350. The van der Waals surface area contributed by atoms with Crippen LogP contribution >= 0.6 is 0 Å². The fourth-order valence-electron chi connectivity index (χ4n) is 2.70. The van der Waals surface area contributed by atoms with Crippen LogP contribution in [0.5, 0.6) is 11.5 Å². The van der Waals surface area contributed by atoms with Crippen LogP contribution in [0.25, 0.3) is 0 Å². The Morgan fingerprint density at radius 3 is 2.71 bits per heavy atom. The van der Waals surface area contributed by atoms with Gasteiger partial charge in [0.1, 0.15) is 11.5 Å². The van der Waals surface area contributed by atoms with Crippen molar-refractivity contribution >= 4 is 5.91 Å². The van der Waals surface area contributed by atoms with Gasteiger partial charge in [0.25, 0.3) is 5.91 Å². The van der Waals surface area contributed by atoms with Gasteiger partial charge in [0.15, 0.2) is 0 Å². The molecule has 2 aromatic rings. The molecule has 24 heavy (non-hydrogen) atoms. The van der Waals surface area contributed by atoms with Gasteiger partial charge in [-0.25, -0.2) is 0 Å². The molecule has 1 N–H and O–H groups in total. The normalized spacial score (nSPS) is 16.2. The van der Waals surface area contributed by atoms with Crippen molar-refractivity contribution in [1.29, 1.82) is 0 Å². The van der Waals surface area contributed by atoms with Crippen LogP contribution in [0, 0.1) is 5.92 Å². The molecule has 1 atom stereocenters. The number of para-hydroxylation sites is 1. The minimum Gasteiger partial charge on any atom is -0.493 e. The van der Waals surface area contributed by atoms with E-state index in [0.29, 0.717) is 24.7 Å². The molecule has 4 nitrogen and oxygen atoms in total. The molecule has 0 radical (unpaired) electrons. The first-order chi connectivity index (χ1) is 11.6. The molecular formula is C20H23NO3. The number of hydrogen-bond acceptors (Lipinski definition) is 3. The lowest BCUT2D eigenvalue weighted by molar-refractivity contribution is 0.0924. The van der Waals surface area contributed by atoms with Gasteiger partial charge in [-0.05, 0) is 36.2 Å². The summed E-state index contributed by atoms with van der Waals surface area (Å²) in [6.45, 7) is 5.50. The first-order valence-electron chi connectivity index (χ1n) is 8.39. The lowest BCUT2D eigenvalue weighted by Gasteiger charge is -2.26. The third kappa shape index (κ3) is 3.88. The second-order valence-corrected chi connectivity index (χ2v) is 6.43. The summed E-state index contributed by atoms with van der Waals surface area (Å²) in [4.78, 5) is 12.5. The summed E-state index contributed by atoms with van der Waals surface area (Å²) >= 11 is 0. The van der Waals surface area contributed by atoms with Crippen molar-refractivity contribution in [3.63, 3.8) is 0 Å². The van der Waals surface area contributed by atoms with E-state index in [9.17, 15) is 4.79 Å². The number of rotatable bonds is 5. The molecule has 1 heterocycles. The van der Waals surface area contributed by atoms with E-state index < -0.39 is 0 Å². The van der Waals surface area contributed by atoms with Crippen molar-refractivity contribution in [3.8, 4) is 11.5 Å². The van der Waals surface area contributed by atoms with E-state index in [-0.39, 0.29) is 11.9 Å². The SMILES string of the molecule is CC(C)COc1ccc(C(=O)N[C@@H]2CCOc3ccccc32)cc1.